The Morgan fingerprint density at radius 1 is 1.25 bits per heavy atom. The van der Waals surface area contributed by atoms with Crippen LogP contribution in [0.2, 0.25) is 0 Å². The number of hydrogen-bond acceptors (Lipinski definition) is 4. The summed E-state index contributed by atoms with van der Waals surface area (Å²) in [5, 5.41) is 12.9. The molecule has 2 atom stereocenters. The molecule has 2 fully saturated rings. The van der Waals surface area contributed by atoms with Crippen molar-refractivity contribution in [3.8, 4) is 6.07 Å². The van der Waals surface area contributed by atoms with Gasteiger partial charge >= 0.3 is 0 Å². The van der Waals surface area contributed by atoms with E-state index in [1.165, 1.54) is 32.5 Å². The van der Waals surface area contributed by atoms with Crippen molar-refractivity contribution in [2.24, 2.45) is 0 Å². The third-order valence-corrected chi connectivity index (χ3v) is 5.37. The van der Waals surface area contributed by atoms with Crippen molar-refractivity contribution in [1.29, 1.82) is 5.26 Å². The van der Waals surface area contributed by atoms with E-state index < -0.39 is 0 Å². The van der Waals surface area contributed by atoms with Crippen LogP contribution in [-0.2, 0) is 0 Å². The SMILES string of the molecule is CCNC1(C#N)CCC(N(C)C2CCN(CC)CC2)C1. The van der Waals surface area contributed by atoms with Crippen molar-refractivity contribution < 1.29 is 0 Å². The first-order valence-electron chi connectivity index (χ1n) is 8.24. The molecule has 114 valence electrons. The fourth-order valence-electron chi connectivity index (χ4n) is 3.95. The van der Waals surface area contributed by atoms with Crippen molar-refractivity contribution in [1.82, 2.24) is 15.1 Å². The minimum Gasteiger partial charge on any atom is -0.303 e. The highest BCUT2D eigenvalue weighted by molar-refractivity contribution is 5.13. The van der Waals surface area contributed by atoms with Gasteiger partial charge in [0, 0.05) is 12.1 Å². The van der Waals surface area contributed by atoms with Crippen LogP contribution in [-0.4, -0.2) is 60.6 Å². The summed E-state index contributed by atoms with van der Waals surface area (Å²) in [5.41, 5.74) is -0.266. The van der Waals surface area contributed by atoms with E-state index in [9.17, 15) is 5.26 Å². The Hall–Kier alpha value is -0.630. The molecule has 4 nitrogen and oxygen atoms in total. The second-order valence-electron chi connectivity index (χ2n) is 6.45. The molecule has 0 aromatic rings. The van der Waals surface area contributed by atoms with Crippen LogP contribution in [0.5, 0.6) is 0 Å². The van der Waals surface area contributed by atoms with E-state index in [1.807, 2.05) is 0 Å². The van der Waals surface area contributed by atoms with E-state index in [-0.39, 0.29) is 5.54 Å². The molecule has 0 radical (unpaired) electrons. The van der Waals surface area contributed by atoms with Gasteiger partial charge in [-0.2, -0.15) is 5.26 Å². The highest BCUT2D eigenvalue weighted by Crippen LogP contribution is 2.34. The summed E-state index contributed by atoms with van der Waals surface area (Å²) in [5.74, 6) is 0. The molecule has 0 bridgehead atoms. The predicted octanol–water partition coefficient (Wildman–Crippen LogP) is 1.83. The summed E-state index contributed by atoms with van der Waals surface area (Å²) < 4.78 is 0. The monoisotopic (exact) mass is 278 g/mol. The van der Waals surface area contributed by atoms with Gasteiger partial charge in [-0.1, -0.05) is 13.8 Å². The molecule has 4 heteroatoms. The molecule has 0 amide bonds. The smallest absolute Gasteiger partial charge is 0.108 e. The van der Waals surface area contributed by atoms with Crippen LogP contribution in [0.3, 0.4) is 0 Å². The maximum absolute atomic E-state index is 9.49. The summed E-state index contributed by atoms with van der Waals surface area (Å²) in [6.07, 6.45) is 5.70. The lowest BCUT2D eigenvalue weighted by molar-refractivity contribution is 0.0981. The number of piperidine rings is 1. The normalized spacial score (nSPS) is 32.6. The maximum Gasteiger partial charge on any atom is 0.108 e. The van der Waals surface area contributed by atoms with Crippen molar-refractivity contribution in [2.45, 2.75) is 63.6 Å². The molecule has 1 heterocycles. The molecule has 1 N–H and O–H groups in total. The maximum atomic E-state index is 9.49. The topological polar surface area (TPSA) is 42.3 Å². The van der Waals surface area contributed by atoms with E-state index >= 15 is 0 Å². The third-order valence-electron chi connectivity index (χ3n) is 5.37. The number of nitriles is 1. The quantitative estimate of drug-likeness (QED) is 0.833. The molecule has 2 unspecified atom stereocenters. The first kappa shape index (κ1) is 15.8. The molecule has 0 spiro atoms. The van der Waals surface area contributed by atoms with Gasteiger partial charge in [-0.25, -0.2) is 0 Å². The summed E-state index contributed by atoms with van der Waals surface area (Å²) >= 11 is 0. The minimum absolute atomic E-state index is 0.266. The molecule has 1 saturated carbocycles. The number of hydrogen-bond donors (Lipinski definition) is 1. The van der Waals surface area contributed by atoms with E-state index in [4.69, 9.17) is 0 Å². The van der Waals surface area contributed by atoms with Crippen molar-refractivity contribution >= 4 is 0 Å². The van der Waals surface area contributed by atoms with Gasteiger partial charge in [-0.05, 0) is 65.3 Å². The van der Waals surface area contributed by atoms with Gasteiger partial charge in [-0.15, -0.1) is 0 Å². The van der Waals surface area contributed by atoms with Crippen LogP contribution in [0.4, 0.5) is 0 Å². The van der Waals surface area contributed by atoms with Gasteiger partial charge in [0.2, 0.25) is 0 Å². The molecule has 1 saturated heterocycles. The molecule has 0 aromatic heterocycles. The molecular weight excluding hydrogens is 248 g/mol. The average molecular weight is 278 g/mol. The lowest BCUT2D eigenvalue weighted by Crippen LogP contribution is -2.48. The largest absolute Gasteiger partial charge is 0.303 e. The van der Waals surface area contributed by atoms with Crippen molar-refractivity contribution in [3.63, 3.8) is 0 Å². The number of likely N-dealkylation sites (tertiary alicyclic amines) is 1. The summed E-state index contributed by atoms with van der Waals surface area (Å²) in [6, 6.07) is 3.82. The van der Waals surface area contributed by atoms with Crippen LogP contribution < -0.4 is 5.32 Å². The Kier molecular flexibility index (Phi) is 5.42. The van der Waals surface area contributed by atoms with Crippen molar-refractivity contribution in [3.05, 3.63) is 0 Å². The highest BCUT2D eigenvalue weighted by atomic mass is 15.2. The molecular formula is C16H30N4. The molecule has 2 rings (SSSR count). The van der Waals surface area contributed by atoms with Crippen LogP contribution in [0.15, 0.2) is 0 Å². The first-order valence-corrected chi connectivity index (χ1v) is 8.24. The molecule has 1 aliphatic heterocycles. The minimum atomic E-state index is -0.266. The Morgan fingerprint density at radius 3 is 2.50 bits per heavy atom. The first-order chi connectivity index (χ1) is 9.64. The molecule has 20 heavy (non-hydrogen) atoms. The Bertz CT molecular complexity index is 343. The number of nitrogens with zero attached hydrogens (tertiary/aromatic N) is 3. The second-order valence-corrected chi connectivity index (χ2v) is 6.45. The fraction of sp³-hybridized carbons (Fsp3) is 0.938. The highest BCUT2D eigenvalue weighted by Gasteiger charge is 2.41. The van der Waals surface area contributed by atoms with E-state index in [0.29, 0.717) is 12.1 Å². The van der Waals surface area contributed by atoms with E-state index in [0.717, 1.165) is 25.8 Å². The third kappa shape index (κ3) is 3.33. The van der Waals surface area contributed by atoms with Crippen LogP contribution in [0.25, 0.3) is 0 Å². The van der Waals surface area contributed by atoms with Crippen molar-refractivity contribution in [2.75, 3.05) is 33.2 Å². The molecule has 0 aromatic carbocycles. The standard InChI is InChI=1S/C16H30N4/c1-4-18-16(13-17)9-6-15(12-16)19(3)14-7-10-20(5-2)11-8-14/h14-15,18H,4-12H2,1-3H3. The van der Waals surface area contributed by atoms with E-state index in [2.05, 4.69) is 42.1 Å². The lowest BCUT2D eigenvalue weighted by atomic mass is 9.97. The molecule has 2 aliphatic rings. The number of rotatable bonds is 5. The Morgan fingerprint density at radius 2 is 1.95 bits per heavy atom. The average Bonchev–Trinajstić information content (AvgIpc) is 2.92. The second kappa shape index (κ2) is 6.89. The van der Waals surface area contributed by atoms with Gasteiger partial charge < -0.3 is 9.80 Å². The van der Waals surface area contributed by atoms with Gasteiger partial charge in [-0.3, -0.25) is 5.32 Å². The fourth-order valence-corrected chi connectivity index (χ4v) is 3.95. The van der Waals surface area contributed by atoms with Gasteiger partial charge in [0.1, 0.15) is 5.54 Å². The Balaban J connectivity index is 1.88. The summed E-state index contributed by atoms with van der Waals surface area (Å²) in [7, 11) is 2.27. The zero-order valence-electron chi connectivity index (χ0n) is 13.4. The van der Waals surface area contributed by atoms with Crippen LogP contribution in [0, 0.1) is 11.3 Å². The van der Waals surface area contributed by atoms with E-state index in [1.54, 1.807) is 0 Å². The zero-order chi connectivity index (χ0) is 14.6. The van der Waals surface area contributed by atoms with Gasteiger partial charge in [0.05, 0.1) is 6.07 Å². The Labute approximate surface area is 124 Å². The zero-order valence-corrected chi connectivity index (χ0v) is 13.4. The van der Waals surface area contributed by atoms with Gasteiger partial charge in [0.25, 0.3) is 0 Å². The summed E-state index contributed by atoms with van der Waals surface area (Å²) in [6.45, 7) is 8.87. The van der Waals surface area contributed by atoms with Crippen LogP contribution >= 0.6 is 0 Å². The predicted molar refractivity (Wildman–Crippen MR) is 82.6 cm³/mol. The lowest BCUT2D eigenvalue weighted by Gasteiger charge is -2.39. The number of nitrogens with one attached hydrogen (secondary N) is 1. The van der Waals surface area contributed by atoms with Gasteiger partial charge in [0.15, 0.2) is 0 Å². The summed E-state index contributed by atoms with van der Waals surface area (Å²) in [4.78, 5) is 5.11. The molecule has 1 aliphatic carbocycles. The van der Waals surface area contributed by atoms with Crippen LogP contribution in [0.1, 0.15) is 46.0 Å².